The number of β-amino-alcohol motifs (C(OH)–C–C–N with tert-alkyl or cyclic N) is 1. The van der Waals surface area contributed by atoms with Gasteiger partial charge in [0, 0.05) is 6.54 Å². The first-order chi connectivity index (χ1) is 22.8. The number of aliphatic carboxylic acids is 4. The number of hydrogen-bond acceptors (Lipinski definition) is 9. The molecule has 0 amide bonds. The molecule has 1 heterocycles. The first-order valence-electron chi connectivity index (χ1n) is 14.3. The third-order valence-electron chi connectivity index (χ3n) is 5.50. The Hall–Kier alpha value is -3.16. The molecule has 1 aliphatic rings. The molecule has 0 saturated carbocycles. The van der Waals surface area contributed by atoms with Crippen molar-refractivity contribution in [2.24, 2.45) is 0 Å². The van der Waals surface area contributed by atoms with Crippen LogP contribution < -0.4 is 0 Å². The molecule has 0 unspecified atom stereocenters. The van der Waals surface area contributed by atoms with Crippen molar-refractivity contribution >= 4 is 23.9 Å². The van der Waals surface area contributed by atoms with Gasteiger partial charge in [0.2, 0.25) is 0 Å². The molecule has 1 rings (SSSR count). The largest absolute Gasteiger partial charge is 0.481 e. The smallest absolute Gasteiger partial charge is 0.389 e. The normalized spacial score (nSPS) is 19.3. The van der Waals surface area contributed by atoms with Crippen LogP contribution in [0.5, 0.6) is 0 Å². The molecule has 1 fully saturated rings. The van der Waals surface area contributed by atoms with Crippen molar-refractivity contribution in [3.8, 4) is 0 Å². The lowest BCUT2D eigenvalue weighted by molar-refractivity contribution is -0.152. The van der Waals surface area contributed by atoms with Gasteiger partial charge in [-0.2, -0.15) is 52.7 Å². The van der Waals surface area contributed by atoms with Gasteiger partial charge in [-0.1, -0.05) is 13.3 Å². The van der Waals surface area contributed by atoms with E-state index in [2.05, 4.69) is 6.92 Å². The molecule has 8 N–H and O–H groups in total. The zero-order valence-corrected chi connectivity index (χ0v) is 26.7. The fourth-order valence-corrected chi connectivity index (χ4v) is 2.99. The van der Waals surface area contributed by atoms with E-state index >= 15 is 0 Å². The van der Waals surface area contributed by atoms with Crippen LogP contribution in [0.25, 0.3) is 0 Å². The minimum Gasteiger partial charge on any atom is -0.481 e. The van der Waals surface area contributed by atoms with E-state index in [4.69, 9.17) is 25.5 Å². The van der Waals surface area contributed by atoms with E-state index in [1.165, 1.54) is 0 Å². The summed E-state index contributed by atoms with van der Waals surface area (Å²) in [6.07, 6.45) is -27.0. The van der Waals surface area contributed by atoms with Crippen LogP contribution in [-0.2, 0) is 19.2 Å². The summed E-state index contributed by atoms with van der Waals surface area (Å²) in [5.41, 5.74) is 0. The lowest BCUT2D eigenvalue weighted by Crippen LogP contribution is -2.62. The highest BCUT2D eigenvalue weighted by molar-refractivity contribution is 5.67. The molecule has 0 aromatic carbocycles. The van der Waals surface area contributed by atoms with E-state index in [-0.39, 0.29) is 6.61 Å². The van der Waals surface area contributed by atoms with Gasteiger partial charge in [-0.05, 0) is 13.0 Å². The molecule has 0 aliphatic carbocycles. The summed E-state index contributed by atoms with van der Waals surface area (Å²) in [6.45, 7) is 2.89. The molecule has 0 spiro atoms. The molecule has 51 heavy (non-hydrogen) atoms. The summed E-state index contributed by atoms with van der Waals surface area (Å²) < 4.78 is 134. The number of carbonyl (C=O) groups is 4. The SMILES string of the molecule is CCCCN1C[C@H](O)[C@@H](O)[C@H](O)[C@H]1CO.O=C(O)CCC(F)(F)F.O=C(O)CCC(F)(F)F.O=C(O)CCC(F)(F)F.O=C(O)CCC(F)(F)F. The predicted molar refractivity (Wildman–Crippen MR) is 147 cm³/mol. The molecule has 4 atom stereocenters. The van der Waals surface area contributed by atoms with Crippen molar-refractivity contribution in [1.29, 1.82) is 0 Å². The topological polar surface area (TPSA) is 233 Å². The third-order valence-corrected chi connectivity index (χ3v) is 5.50. The van der Waals surface area contributed by atoms with Gasteiger partial charge >= 0.3 is 48.6 Å². The standard InChI is InChI=1S/C10H21NO4.4C4H5F3O2/c1-2-3-4-11-5-8(13)10(15)9(14)7(11)6-12;4*5-4(6,7)2-1-3(8)9/h7-10,12-15H,2-6H2,1H3;4*1-2H2,(H,8,9)/t7-,8+,9-,10-;;;;/m1..../s1. The maximum absolute atomic E-state index is 11.2. The number of hydrogen-bond donors (Lipinski definition) is 8. The van der Waals surface area contributed by atoms with Crippen molar-refractivity contribution < 1.29 is 113 Å². The molecule has 1 aliphatic heterocycles. The van der Waals surface area contributed by atoms with Crippen molar-refractivity contribution in [1.82, 2.24) is 4.90 Å². The lowest BCUT2D eigenvalue weighted by atomic mass is 9.94. The second-order valence-electron chi connectivity index (χ2n) is 10.2. The van der Waals surface area contributed by atoms with Crippen LogP contribution in [0.4, 0.5) is 52.7 Å². The minimum atomic E-state index is -4.35. The van der Waals surface area contributed by atoms with E-state index in [0.717, 1.165) is 19.4 Å². The fraction of sp³-hybridized carbons (Fsp3) is 0.846. The Balaban J connectivity index is -0.000000277. The number of carboxylic acid groups (broad SMARTS) is 4. The number of rotatable bonds is 12. The number of aliphatic hydroxyl groups is 4. The Labute approximate surface area is 282 Å². The summed E-state index contributed by atoms with van der Waals surface area (Å²) in [5.74, 6) is -5.70. The summed E-state index contributed by atoms with van der Waals surface area (Å²) in [7, 11) is 0. The highest BCUT2D eigenvalue weighted by atomic mass is 19.4. The summed E-state index contributed by atoms with van der Waals surface area (Å²) in [6, 6.07) is -0.463. The molecule has 25 heteroatoms. The van der Waals surface area contributed by atoms with Gasteiger partial charge in [0.05, 0.1) is 70.1 Å². The first-order valence-corrected chi connectivity index (χ1v) is 14.3. The van der Waals surface area contributed by atoms with Gasteiger partial charge in [-0.3, -0.25) is 24.1 Å². The van der Waals surface area contributed by atoms with Gasteiger partial charge in [0.25, 0.3) is 0 Å². The maximum atomic E-state index is 11.2. The highest BCUT2D eigenvalue weighted by Crippen LogP contribution is 2.23. The monoisotopic (exact) mass is 787 g/mol. The number of alkyl halides is 12. The summed E-state index contributed by atoms with van der Waals surface area (Å²) in [4.78, 5) is 40.0. The molecular formula is C26H41F12NO12. The lowest BCUT2D eigenvalue weighted by Gasteiger charge is -2.43. The quantitative estimate of drug-likeness (QED) is 0.130. The molecule has 13 nitrogen and oxygen atoms in total. The Bertz CT molecular complexity index is 865. The number of likely N-dealkylation sites (tertiary alicyclic amines) is 1. The van der Waals surface area contributed by atoms with Crippen LogP contribution in [0, 0.1) is 0 Å². The van der Waals surface area contributed by atoms with E-state index in [0.29, 0.717) is 6.54 Å². The van der Waals surface area contributed by atoms with Gasteiger partial charge in [-0.25, -0.2) is 0 Å². The van der Waals surface area contributed by atoms with E-state index in [1.807, 2.05) is 4.90 Å². The van der Waals surface area contributed by atoms with Crippen molar-refractivity contribution in [2.45, 2.75) is 120 Å². The molecular weight excluding hydrogens is 746 g/mol. The molecule has 0 radical (unpaired) electrons. The Kier molecular flexibility index (Phi) is 28.5. The van der Waals surface area contributed by atoms with Crippen molar-refractivity contribution in [3.05, 3.63) is 0 Å². The van der Waals surface area contributed by atoms with Gasteiger partial charge < -0.3 is 40.9 Å². The second kappa shape index (κ2) is 26.6. The highest BCUT2D eigenvalue weighted by Gasteiger charge is 2.40. The van der Waals surface area contributed by atoms with Crippen LogP contribution in [0.1, 0.15) is 71.1 Å². The van der Waals surface area contributed by atoms with Gasteiger partial charge in [-0.15, -0.1) is 0 Å². The fourth-order valence-electron chi connectivity index (χ4n) is 2.99. The predicted octanol–water partition coefficient (Wildman–Crippen LogP) is 4.20. The third kappa shape index (κ3) is 42.9. The summed E-state index contributed by atoms with van der Waals surface area (Å²) >= 11 is 0. The molecule has 306 valence electrons. The number of halogens is 12. The molecule has 1 saturated heterocycles. The van der Waals surface area contributed by atoms with Crippen LogP contribution in [0.15, 0.2) is 0 Å². The number of aliphatic hydroxyl groups excluding tert-OH is 4. The summed E-state index contributed by atoms with van der Waals surface area (Å²) in [5, 5.41) is 68.9. The molecule has 0 bridgehead atoms. The van der Waals surface area contributed by atoms with Crippen molar-refractivity contribution in [2.75, 3.05) is 19.7 Å². The molecule has 0 aromatic rings. The average Bonchev–Trinajstić information content (AvgIpc) is 2.95. The van der Waals surface area contributed by atoms with Crippen LogP contribution in [0.2, 0.25) is 0 Å². The Morgan fingerprint density at radius 1 is 0.569 bits per heavy atom. The number of piperidine rings is 1. The minimum absolute atomic E-state index is 0.200. The number of carboxylic acids is 4. The number of unbranched alkanes of at least 4 members (excludes halogenated alkanes) is 1. The first kappa shape index (κ1) is 54.6. The van der Waals surface area contributed by atoms with E-state index in [1.54, 1.807) is 0 Å². The average molecular weight is 788 g/mol. The van der Waals surface area contributed by atoms with Gasteiger partial charge in [0.15, 0.2) is 0 Å². The van der Waals surface area contributed by atoms with E-state index < -0.39 is 124 Å². The van der Waals surface area contributed by atoms with Gasteiger partial charge in [0.1, 0.15) is 12.2 Å². The zero-order chi connectivity index (χ0) is 41.4. The van der Waals surface area contributed by atoms with Crippen LogP contribution in [-0.4, -0.2) is 138 Å². The molecule has 0 aromatic heterocycles. The Morgan fingerprint density at radius 2 is 0.843 bits per heavy atom. The second-order valence-corrected chi connectivity index (χ2v) is 10.2. The van der Waals surface area contributed by atoms with Crippen molar-refractivity contribution in [3.63, 3.8) is 0 Å². The number of nitrogens with zero attached hydrogens (tertiary/aromatic N) is 1. The zero-order valence-electron chi connectivity index (χ0n) is 26.7. The van der Waals surface area contributed by atoms with Crippen LogP contribution >= 0.6 is 0 Å². The van der Waals surface area contributed by atoms with E-state index in [9.17, 15) is 87.2 Å². The maximum Gasteiger partial charge on any atom is 0.389 e. The Morgan fingerprint density at radius 3 is 1.02 bits per heavy atom. The van der Waals surface area contributed by atoms with Crippen LogP contribution in [0.3, 0.4) is 0 Å².